The number of rotatable bonds is 10. The number of carbonyl (C=O) groups excluding carboxylic acids is 1. The summed E-state index contributed by atoms with van der Waals surface area (Å²) in [6, 6.07) is 9.64. The Morgan fingerprint density at radius 3 is 2.52 bits per heavy atom. The second-order valence-corrected chi connectivity index (χ2v) is 6.16. The van der Waals surface area contributed by atoms with Gasteiger partial charge in [0, 0.05) is 6.92 Å². The molecular weight excluding hydrogens is 286 g/mol. The summed E-state index contributed by atoms with van der Waals surface area (Å²) in [7, 11) is 0. The fourth-order valence-electron chi connectivity index (χ4n) is 1.98. The van der Waals surface area contributed by atoms with Gasteiger partial charge in [-0.15, -0.1) is 0 Å². The van der Waals surface area contributed by atoms with Crippen molar-refractivity contribution in [1.29, 1.82) is 0 Å². The van der Waals surface area contributed by atoms with Gasteiger partial charge in [-0.3, -0.25) is 4.79 Å². The monoisotopic (exact) mass is 309 g/mol. The van der Waals surface area contributed by atoms with E-state index >= 15 is 0 Å². The summed E-state index contributed by atoms with van der Waals surface area (Å²) in [5.74, 6) is 0.520. The van der Waals surface area contributed by atoms with Crippen LogP contribution in [0.2, 0.25) is 0 Å². The second kappa shape index (κ2) is 10.3. The van der Waals surface area contributed by atoms with Crippen molar-refractivity contribution in [2.75, 3.05) is 11.5 Å². The number of carboxylic acid groups (broad SMARTS) is 1. The van der Waals surface area contributed by atoms with Crippen molar-refractivity contribution in [3.05, 3.63) is 35.9 Å². The third-order valence-corrected chi connectivity index (χ3v) is 4.18. The summed E-state index contributed by atoms with van der Waals surface area (Å²) in [6.45, 7) is 1.34. The molecule has 1 amide bonds. The van der Waals surface area contributed by atoms with E-state index < -0.39 is 12.0 Å². The van der Waals surface area contributed by atoms with E-state index in [4.69, 9.17) is 5.11 Å². The molecule has 0 saturated carbocycles. The van der Waals surface area contributed by atoms with E-state index in [1.807, 2.05) is 6.07 Å². The highest BCUT2D eigenvalue weighted by Crippen LogP contribution is 2.11. The number of amides is 1. The van der Waals surface area contributed by atoms with Crippen LogP contribution in [0.15, 0.2) is 30.3 Å². The second-order valence-electron chi connectivity index (χ2n) is 4.94. The van der Waals surface area contributed by atoms with Crippen LogP contribution in [-0.4, -0.2) is 34.5 Å². The fraction of sp³-hybridized carbons (Fsp3) is 0.500. The predicted molar refractivity (Wildman–Crippen MR) is 86.6 cm³/mol. The Bertz CT molecular complexity index is 436. The maximum atomic E-state index is 10.9. The van der Waals surface area contributed by atoms with Gasteiger partial charge in [0.05, 0.1) is 0 Å². The highest BCUT2D eigenvalue weighted by molar-refractivity contribution is 7.99. The smallest absolute Gasteiger partial charge is 0.326 e. The minimum atomic E-state index is -0.963. The molecule has 0 aromatic heterocycles. The molecule has 1 unspecified atom stereocenters. The van der Waals surface area contributed by atoms with Gasteiger partial charge in [0.2, 0.25) is 5.91 Å². The normalized spacial score (nSPS) is 11.9. The number of benzene rings is 1. The van der Waals surface area contributed by atoms with Gasteiger partial charge >= 0.3 is 5.97 Å². The molecule has 4 nitrogen and oxygen atoms in total. The minimum Gasteiger partial charge on any atom is -0.480 e. The van der Waals surface area contributed by atoms with Crippen LogP contribution >= 0.6 is 11.8 Å². The summed E-state index contributed by atoms with van der Waals surface area (Å²) >= 11 is 1.75. The van der Waals surface area contributed by atoms with Crippen LogP contribution in [0.1, 0.15) is 31.7 Å². The minimum absolute atomic E-state index is 0.296. The predicted octanol–water partition coefficient (Wildman–Crippen LogP) is 2.72. The third-order valence-electron chi connectivity index (χ3n) is 3.07. The quantitative estimate of drug-likeness (QED) is 0.652. The number of nitrogens with one attached hydrogen (secondary N) is 1. The van der Waals surface area contributed by atoms with Gasteiger partial charge in [0.15, 0.2) is 0 Å². The number of carbonyl (C=O) groups is 2. The molecule has 21 heavy (non-hydrogen) atoms. The Morgan fingerprint density at radius 2 is 1.90 bits per heavy atom. The summed E-state index contributed by atoms with van der Waals surface area (Å²) < 4.78 is 0. The molecule has 5 heteroatoms. The maximum Gasteiger partial charge on any atom is 0.326 e. The van der Waals surface area contributed by atoms with E-state index in [0.29, 0.717) is 6.42 Å². The molecule has 0 heterocycles. The molecule has 1 aromatic carbocycles. The van der Waals surface area contributed by atoms with Crippen molar-refractivity contribution in [3.8, 4) is 0 Å². The summed E-state index contributed by atoms with van der Waals surface area (Å²) in [6.07, 6.45) is 3.83. The van der Waals surface area contributed by atoms with Gasteiger partial charge in [-0.1, -0.05) is 30.3 Å². The van der Waals surface area contributed by atoms with E-state index in [-0.39, 0.29) is 5.91 Å². The number of aryl methyl sites for hydroxylation is 1. The topological polar surface area (TPSA) is 66.4 Å². The first kappa shape index (κ1) is 17.6. The number of hydrogen-bond acceptors (Lipinski definition) is 3. The molecule has 0 radical (unpaired) electrons. The molecule has 0 spiro atoms. The van der Waals surface area contributed by atoms with Gasteiger partial charge in [0.25, 0.3) is 0 Å². The van der Waals surface area contributed by atoms with Crippen molar-refractivity contribution in [2.45, 2.75) is 38.6 Å². The van der Waals surface area contributed by atoms with Gasteiger partial charge in [-0.05, 0) is 42.8 Å². The van der Waals surface area contributed by atoms with Gasteiger partial charge in [-0.25, -0.2) is 4.79 Å². The molecule has 0 aliphatic heterocycles. The first-order valence-electron chi connectivity index (χ1n) is 7.21. The molecule has 116 valence electrons. The maximum absolute atomic E-state index is 10.9. The molecular formula is C16H23NO3S. The van der Waals surface area contributed by atoms with E-state index in [2.05, 4.69) is 29.6 Å². The van der Waals surface area contributed by atoms with Crippen LogP contribution in [0.5, 0.6) is 0 Å². The highest BCUT2D eigenvalue weighted by atomic mass is 32.2. The van der Waals surface area contributed by atoms with Crippen molar-refractivity contribution < 1.29 is 14.7 Å². The molecule has 1 atom stereocenters. The van der Waals surface area contributed by atoms with E-state index in [0.717, 1.165) is 30.8 Å². The van der Waals surface area contributed by atoms with Crippen molar-refractivity contribution in [2.24, 2.45) is 0 Å². The number of aliphatic carboxylic acids is 1. The average molecular weight is 309 g/mol. The first-order valence-corrected chi connectivity index (χ1v) is 8.36. The zero-order chi connectivity index (χ0) is 15.5. The Morgan fingerprint density at radius 1 is 1.19 bits per heavy atom. The lowest BCUT2D eigenvalue weighted by Gasteiger charge is -2.12. The van der Waals surface area contributed by atoms with Gasteiger partial charge in [-0.2, -0.15) is 11.8 Å². The van der Waals surface area contributed by atoms with Crippen LogP contribution in [-0.2, 0) is 16.0 Å². The molecule has 0 aliphatic carbocycles. The lowest BCUT2D eigenvalue weighted by atomic mass is 10.1. The number of hydrogen-bond donors (Lipinski definition) is 2. The van der Waals surface area contributed by atoms with Gasteiger partial charge < -0.3 is 10.4 Å². The molecule has 0 fully saturated rings. The Hall–Kier alpha value is -1.49. The molecule has 1 rings (SSSR count). The molecule has 1 aromatic rings. The summed E-state index contributed by atoms with van der Waals surface area (Å²) in [5, 5.41) is 11.4. The first-order chi connectivity index (χ1) is 10.1. The number of carboxylic acids is 1. The summed E-state index contributed by atoms with van der Waals surface area (Å²) in [5.41, 5.74) is 1.36. The van der Waals surface area contributed by atoms with E-state index in [1.54, 1.807) is 11.8 Å². The lowest BCUT2D eigenvalue weighted by Crippen LogP contribution is -2.39. The molecule has 0 aliphatic rings. The zero-order valence-corrected chi connectivity index (χ0v) is 13.2. The van der Waals surface area contributed by atoms with Crippen molar-refractivity contribution in [3.63, 3.8) is 0 Å². The van der Waals surface area contributed by atoms with Crippen LogP contribution in [0, 0.1) is 0 Å². The van der Waals surface area contributed by atoms with Crippen LogP contribution < -0.4 is 5.32 Å². The standard InChI is InChI=1S/C16H23NO3S/c1-13(18)17-15(16(19)20)10-12-21-11-6-5-9-14-7-3-2-4-8-14/h2-4,7-8,15H,5-6,9-12H2,1H3,(H,17,18)(H,19,20). The SMILES string of the molecule is CC(=O)NC(CCSCCCCc1ccccc1)C(=O)O. The Kier molecular flexibility index (Phi) is 8.59. The van der Waals surface area contributed by atoms with E-state index in [9.17, 15) is 9.59 Å². The van der Waals surface area contributed by atoms with Gasteiger partial charge in [0.1, 0.15) is 6.04 Å². The lowest BCUT2D eigenvalue weighted by molar-refractivity contribution is -0.141. The largest absolute Gasteiger partial charge is 0.480 e. The average Bonchev–Trinajstić information content (AvgIpc) is 2.45. The van der Waals surface area contributed by atoms with Crippen LogP contribution in [0.25, 0.3) is 0 Å². The number of thioether (sulfide) groups is 1. The van der Waals surface area contributed by atoms with E-state index in [1.165, 1.54) is 12.5 Å². The molecule has 0 bridgehead atoms. The zero-order valence-electron chi connectivity index (χ0n) is 12.4. The molecule has 2 N–H and O–H groups in total. The Labute approximate surface area is 130 Å². The van der Waals surface area contributed by atoms with Crippen molar-refractivity contribution >= 4 is 23.6 Å². The van der Waals surface area contributed by atoms with Crippen LogP contribution in [0.3, 0.4) is 0 Å². The van der Waals surface area contributed by atoms with Crippen molar-refractivity contribution in [1.82, 2.24) is 5.32 Å². The third kappa shape index (κ3) is 8.40. The Balaban J connectivity index is 2.05. The summed E-state index contributed by atoms with van der Waals surface area (Å²) in [4.78, 5) is 21.8. The fourth-order valence-corrected chi connectivity index (χ4v) is 3.00. The highest BCUT2D eigenvalue weighted by Gasteiger charge is 2.17. The molecule has 0 saturated heterocycles. The van der Waals surface area contributed by atoms with Crippen LogP contribution in [0.4, 0.5) is 0 Å². The number of unbranched alkanes of at least 4 members (excludes halogenated alkanes) is 1.